The predicted molar refractivity (Wildman–Crippen MR) is 290 cm³/mol. The number of rotatable bonds is 4. The van der Waals surface area contributed by atoms with Gasteiger partial charge in [-0.05, 0) is 106 Å². The third-order valence-corrected chi connectivity index (χ3v) is 14.8. The van der Waals surface area contributed by atoms with Crippen molar-refractivity contribution in [3.05, 3.63) is 235 Å². The molecule has 0 atom stereocenters. The molecule has 0 aliphatic rings. The van der Waals surface area contributed by atoms with Crippen molar-refractivity contribution in [3.8, 4) is 28.8 Å². The SMILES string of the molecule is [C-]#[N+]c1cc(-n2c3ccc(-n4c5ccccc5c5ccccc54)cc3c3c4ccccc4ccc32)cc(-n2c3ccc(-n4c5ccccc5c5ccccc54)cc3c3c4ccccc4ccc32)c1C#N. The van der Waals surface area contributed by atoms with Crippen LogP contribution in [0.5, 0.6) is 0 Å². The van der Waals surface area contributed by atoms with Gasteiger partial charge >= 0.3 is 0 Å². The lowest BCUT2D eigenvalue weighted by Crippen LogP contribution is -2.02. The van der Waals surface area contributed by atoms with Gasteiger partial charge in [-0.1, -0.05) is 133 Å². The fraction of sp³-hybridized carbons (Fsp3) is 0. The van der Waals surface area contributed by atoms with Gasteiger partial charge in [0, 0.05) is 60.2 Å². The van der Waals surface area contributed by atoms with E-state index in [0.29, 0.717) is 16.9 Å². The normalized spacial score (nSPS) is 12.0. The van der Waals surface area contributed by atoms with Crippen LogP contribution in [-0.4, -0.2) is 18.3 Å². The first-order valence-electron chi connectivity index (χ1n) is 23.5. The Kier molecular flexibility index (Phi) is 7.82. The van der Waals surface area contributed by atoms with Crippen molar-refractivity contribution in [2.24, 2.45) is 0 Å². The molecule has 0 spiro atoms. The Morgan fingerprint density at radius 1 is 0.329 bits per heavy atom. The fourth-order valence-electron chi connectivity index (χ4n) is 11.9. The summed E-state index contributed by atoms with van der Waals surface area (Å²) in [6, 6.07) is 80.2. The van der Waals surface area contributed by atoms with E-state index in [1.54, 1.807) is 0 Å². The molecule has 322 valence electrons. The van der Waals surface area contributed by atoms with Crippen LogP contribution >= 0.6 is 0 Å². The summed E-state index contributed by atoms with van der Waals surface area (Å²) < 4.78 is 9.23. The number of nitrogens with zero attached hydrogens (tertiary/aromatic N) is 6. The largest absolute Gasteiger partial charge is 0.310 e. The van der Waals surface area contributed by atoms with E-state index in [9.17, 15) is 5.26 Å². The molecular weight excluding hydrogens is 853 g/mol. The van der Waals surface area contributed by atoms with Gasteiger partial charge in [-0.3, -0.25) is 0 Å². The summed E-state index contributed by atoms with van der Waals surface area (Å²) in [5.41, 5.74) is 12.7. The second kappa shape index (κ2) is 14.3. The van der Waals surface area contributed by atoms with Crippen LogP contribution in [0.25, 0.3) is 136 Å². The summed E-state index contributed by atoms with van der Waals surface area (Å²) in [4.78, 5) is 4.11. The van der Waals surface area contributed by atoms with Crippen molar-refractivity contribution >= 4 is 114 Å². The molecule has 0 unspecified atom stereocenters. The van der Waals surface area contributed by atoms with Gasteiger partial charge in [0.25, 0.3) is 0 Å². The second-order valence-electron chi connectivity index (χ2n) is 18.3. The van der Waals surface area contributed by atoms with Crippen molar-refractivity contribution in [3.63, 3.8) is 0 Å². The van der Waals surface area contributed by atoms with Crippen LogP contribution in [0.1, 0.15) is 5.56 Å². The van der Waals surface area contributed by atoms with Gasteiger partial charge in [0.1, 0.15) is 0 Å². The summed E-state index contributed by atoms with van der Waals surface area (Å²) in [6.07, 6.45) is 0. The van der Waals surface area contributed by atoms with Crippen molar-refractivity contribution in [2.75, 3.05) is 0 Å². The molecule has 0 N–H and O–H groups in total. The topological polar surface area (TPSA) is 47.9 Å². The Morgan fingerprint density at radius 3 is 1.16 bits per heavy atom. The van der Waals surface area contributed by atoms with E-state index in [-0.39, 0.29) is 0 Å². The van der Waals surface area contributed by atoms with Gasteiger partial charge in [-0.25, -0.2) is 4.85 Å². The Bertz CT molecular complexity index is 4760. The van der Waals surface area contributed by atoms with Crippen LogP contribution in [0.4, 0.5) is 5.69 Å². The molecule has 70 heavy (non-hydrogen) atoms. The lowest BCUT2D eigenvalue weighted by atomic mass is 10.0. The van der Waals surface area contributed by atoms with Gasteiger partial charge in [-0.2, -0.15) is 5.26 Å². The third kappa shape index (κ3) is 5.14. The quantitative estimate of drug-likeness (QED) is 0.162. The van der Waals surface area contributed by atoms with E-state index in [2.05, 4.69) is 242 Å². The first-order valence-corrected chi connectivity index (χ1v) is 23.5. The molecule has 0 aliphatic carbocycles. The maximum absolute atomic E-state index is 11.2. The van der Waals surface area contributed by atoms with Crippen molar-refractivity contribution < 1.29 is 0 Å². The Balaban J connectivity index is 1.03. The van der Waals surface area contributed by atoms with Crippen LogP contribution in [0.3, 0.4) is 0 Å². The number of aromatic nitrogens is 4. The molecule has 4 aromatic heterocycles. The highest BCUT2D eigenvalue weighted by Gasteiger charge is 2.24. The first-order chi connectivity index (χ1) is 34.7. The smallest absolute Gasteiger partial charge is 0.208 e. The lowest BCUT2D eigenvalue weighted by Gasteiger charge is -2.16. The number of hydrogen-bond donors (Lipinski definition) is 0. The van der Waals surface area contributed by atoms with E-state index < -0.39 is 0 Å². The molecule has 0 fully saturated rings. The van der Waals surface area contributed by atoms with Gasteiger partial charge in [-0.15, -0.1) is 0 Å². The highest BCUT2D eigenvalue weighted by molar-refractivity contribution is 6.24. The molecule has 0 amide bonds. The molecule has 11 aromatic carbocycles. The van der Waals surface area contributed by atoms with E-state index in [1.807, 2.05) is 6.07 Å². The van der Waals surface area contributed by atoms with E-state index in [0.717, 1.165) is 104 Å². The summed E-state index contributed by atoms with van der Waals surface area (Å²) in [5, 5.41) is 24.9. The number of fused-ring (bicyclic) bond motifs is 16. The molecule has 0 saturated carbocycles. The minimum atomic E-state index is 0.297. The molecule has 4 heterocycles. The van der Waals surface area contributed by atoms with E-state index in [1.165, 1.54) is 21.5 Å². The summed E-state index contributed by atoms with van der Waals surface area (Å²) in [6.45, 7) is 8.63. The summed E-state index contributed by atoms with van der Waals surface area (Å²) in [7, 11) is 0. The molecular formula is C64H36N6. The molecule has 6 heteroatoms. The first kappa shape index (κ1) is 38.2. The van der Waals surface area contributed by atoms with E-state index in [4.69, 9.17) is 6.57 Å². The van der Waals surface area contributed by atoms with Crippen LogP contribution in [-0.2, 0) is 0 Å². The van der Waals surface area contributed by atoms with Crippen LogP contribution in [0, 0.1) is 17.9 Å². The number of para-hydroxylation sites is 4. The summed E-state index contributed by atoms with van der Waals surface area (Å²) in [5.74, 6) is 0. The Labute approximate surface area is 400 Å². The van der Waals surface area contributed by atoms with Crippen molar-refractivity contribution in [1.29, 1.82) is 5.26 Å². The zero-order chi connectivity index (χ0) is 46.2. The monoisotopic (exact) mass is 888 g/mol. The van der Waals surface area contributed by atoms with Crippen LogP contribution in [0.15, 0.2) is 218 Å². The number of benzene rings is 11. The molecule has 15 rings (SSSR count). The highest BCUT2D eigenvalue weighted by Crippen LogP contribution is 2.45. The molecule has 0 radical (unpaired) electrons. The summed E-state index contributed by atoms with van der Waals surface area (Å²) >= 11 is 0. The average Bonchev–Trinajstić information content (AvgIpc) is 4.15. The maximum atomic E-state index is 11.2. The average molecular weight is 889 g/mol. The minimum Gasteiger partial charge on any atom is -0.310 e. The lowest BCUT2D eigenvalue weighted by molar-refractivity contribution is 1.13. The molecule has 15 aromatic rings. The van der Waals surface area contributed by atoms with Crippen molar-refractivity contribution in [1.82, 2.24) is 18.3 Å². The highest BCUT2D eigenvalue weighted by atomic mass is 15.0. The van der Waals surface area contributed by atoms with Crippen LogP contribution < -0.4 is 0 Å². The van der Waals surface area contributed by atoms with Gasteiger partial charge < -0.3 is 18.3 Å². The molecule has 0 aliphatic heterocycles. The predicted octanol–water partition coefficient (Wildman–Crippen LogP) is 16.8. The third-order valence-electron chi connectivity index (χ3n) is 14.8. The second-order valence-corrected chi connectivity index (χ2v) is 18.3. The van der Waals surface area contributed by atoms with Crippen LogP contribution in [0.2, 0.25) is 0 Å². The number of nitriles is 1. The Hall–Kier alpha value is -9.88. The zero-order valence-corrected chi connectivity index (χ0v) is 37.5. The van der Waals surface area contributed by atoms with Gasteiger partial charge in [0.2, 0.25) is 5.69 Å². The molecule has 0 bridgehead atoms. The standard InChI is InChI=1S/C64H36N6/c1-66-53-36-43(69-58-32-28-41(34-50(58)63-44-16-4-2-14-39(44)26-30-60(63)69)67-54-22-10-6-18-46(54)47-19-7-11-23-55(47)67)37-62(52(53)38-65)70-59-33-29-42(35-51(59)64-45-17-5-3-15-40(45)27-31-61(64)70)68-56-24-12-8-20-48(56)49-21-9-13-25-57(49)68/h2-37H. The molecule has 0 saturated heterocycles. The Morgan fingerprint density at radius 2 is 0.700 bits per heavy atom. The zero-order valence-electron chi connectivity index (χ0n) is 37.5. The van der Waals surface area contributed by atoms with Crippen molar-refractivity contribution in [2.45, 2.75) is 0 Å². The minimum absolute atomic E-state index is 0.297. The van der Waals surface area contributed by atoms with Gasteiger partial charge in [0.05, 0.1) is 68.0 Å². The van der Waals surface area contributed by atoms with Gasteiger partial charge in [0.15, 0.2) is 0 Å². The maximum Gasteiger partial charge on any atom is 0.208 e. The number of hydrogen-bond acceptors (Lipinski definition) is 1. The van der Waals surface area contributed by atoms with E-state index >= 15 is 0 Å². The molecule has 6 nitrogen and oxygen atoms in total. The fourth-order valence-corrected chi connectivity index (χ4v) is 11.9.